The van der Waals surface area contributed by atoms with E-state index >= 15 is 0 Å². The minimum Gasteiger partial charge on any atom is -0.378 e. The van der Waals surface area contributed by atoms with Crippen molar-refractivity contribution in [2.45, 2.75) is 75.3 Å². The maximum Gasteiger partial charge on any atom is 0.178 e. The molecule has 0 amide bonds. The minimum atomic E-state index is -3.32. The van der Waals surface area contributed by atoms with Gasteiger partial charge in [0.2, 0.25) is 0 Å². The lowest BCUT2D eigenvalue weighted by Crippen LogP contribution is -2.51. The molecule has 5 nitrogen and oxygen atoms in total. The highest BCUT2D eigenvalue weighted by Gasteiger charge is 2.59. The molecule has 6 heteroatoms. The van der Waals surface area contributed by atoms with Crippen molar-refractivity contribution in [1.82, 2.24) is 0 Å². The Kier molecular flexibility index (Phi) is 7.86. The zero-order chi connectivity index (χ0) is 26.0. The van der Waals surface area contributed by atoms with Gasteiger partial charge in [-0.1, -0.05) is 71.1 Å². The average molecular weight is 511 g/mol. The van der Waals surface area contributed by atoms with Crippen molar-refractivity contribution in [3.05, 3.63) is 59.7 Å². The van der Waals surface area contributed by atoms with E-state index in [1.54, 1.807) is 6.07 Å². The smallest absolute Gasteiger partial charge is 0.178 e. The highest BCUT2D eigenvalue weighted by molar-refractivity contribution is 7.91. The first-order chi connectivity index (χ1) is 17.1. The van der Waals surface area contributed by atoms with Gasteiger partial charge in [0.1, 0.15) is 0 Å². The molecular formula is C30H42N2O3S. The molecule has 196 valence electrons. The number of anilines is 2. The summed E-state index contributed by atoms with van der Waals surface area (Å²) in [5, 5.41) is 0. The van der Waals surface area contributed by atoms with Gasteiger partial charge in [0.15, 0.2) is 15.6 Å². The van der Waals surface area contributed by atoms with Gasteiger partial charge in [-0.15, -0.1) is 0 Å². The fraction of sp³-hybridized carbons (Fsp3) is 0.533. The molecule has 1 saturated heterocycles. The van der Waals surface area contributed by atoms with Crippen molar-refractivity contribution >= 4 is 27.3 Å². The molecule has 0 aromatic heterocycles. The number of hydrogen-bond donors (Lipinski definition) is 0. The highest BCUT2D eigenvalue weighted by Crippen LogP contribution is 2.55. The molecule has 0 saturated carbocycles. The van der Waals surface area contributed by atoms with Crippen molar-refractivity contribution in [2.75, 3.05) is 42.8 Å². The Labute approximate surface area is 218 Å². The lowest BCUT2D eigenvalue weighted by Gasteiger charge is -2.39. The minimum absolute atomic E-state index is 0.215. The third kappa shape index (κ3) is 4.95. The molecule has 0 aliphatic carbocycles. The second kappa shape index (κ2) is 10.6. The molecule has 2 aromatic rings. The summed E-state index contributed by atoms with van der Waals surface area (Å²) in [5.41, 5.74) is 3.33. The first-order valence-electron chi connectivity index (χ1n) is 13.4. The standard InChI is InChI=1S/C30H42N2O3S/c1-6-7-8-9-10-11-22-36(33,34)26-16-17-28-27(23-26)29(2,3)30(32(28)20-21-35-30)19-18-24-12-14-25(15-13-24)31(4)5/h12-19,23H,6-11,20-22H2,1-5H3/b19-18+. The van der Waals surface area contributed by atoms with Gasteiger partial charge in [-0.2, -0.15) is 0 Å². The third-order valence-corrected chi connectivity index (χ3v) is 9.70. The summed E-state index contributed by atoms with van der Waals surface area (Å²) in [5.74, 6) is 0.215. The number of unbranched alkanes of at least 4 members (excludes halogenated alkanes) is 5. The molecule has 4 rings (SSSR count). The molecule has 2 heterocycles. The van der Waals surface area contributed by atoms with Gasteiger partial charge in [0, 0.05) is 37.4 Å². The molecule has 2 aromatic carbocycles. The van der Waals surface area contributed by atoms with E-state index in [-0.39, 0.29) is 5.75 Å². The van der Waals surface area contributed by atoms with Crippen LogP contribution in [-0.2, 0) is 20.0 Å². The Hall–Kier alpha value is -2.31. The normalized spacial score (nSPS) is 20.6. The van der Waals surface area contributed by atoms with E-state index in [9.17, 15) is 8.42 Å². The molecule has 1 fully saturated rings. The van der Waals surface area contributed by atoms with Crippen molar-refractivity contribution in [1.29, 1.82) is 0 Å². The van der Waals surface area contributed by atoms with E-state index in [4.69, 9.17) is 4.74 Å². The van der Waals surface area contributed by atoms with Crippen molar-refractivity contribution in [3.63, 3.8) is 0 Å². The number of ether oxygens (including phenoxy) is 1. The first-order valence-corrected chi connectivity index (χ1v) is 15.0. The number of hydrogen-bond acceptors (Lipinski definition) is 5. The Morgan fingerprint density at radius 1 is 1.00 bits per heavy atom. The second-order valence-corrected chi connectivity index (χ2v) is 13.0. The van der Waals surface area contributed by atoms with Crippen LogP contribution in [0.15, 0.2) is 53.4 Å². The number of fused-ring (bicyclic) bond motifs is 3. The number of benzene rings is 2. The summed E-state index contributed by atoms with van der Waals surface area (Å²) in [7, 11) is 0.756. The molecule has 0 N–H and O–H groups in total. The SMILES string of the molecule is CCCCCCCCS(=O)(=O)c1ccc2c(c1)C(C)(C)C1(/C=C/c3ccc(N(C)C)cc3)OCCN21. The van der Waals surface area contributed by atoms with Crippen LogP contribution < -0.4 is 9.80 Å². The van der Waals surface area contributed by atoms with E-state index in [1.165, 1.54) is 19.3 Å². The molecule has 2 aliphatic heterocycles. The molecule has 0 bridgehead atoms. The van der Waals surface area contributed by atoms with Crippen molar-refractivity contribution in [3.8, 4) is 0 Å². The van der Waals surface area contributed by atoms with Gasteiger partial charge in [0.05, 0.1) is 17.3 Å². The summed E-state index contributed by atoms with van der Waals surface area (Å²) in [6, 6.07) is 14.1. The largest absolute Gasteiger partial charge is 0.378 e. The molecule has 2 aliphatic rings. The highest BCUT2D eigenvalue weighted by atomic mass is 32.2. The van der Waals surface area contributed by atoms with E-state index in [0.717, 1.165) is 48.3 Å². The van der Waals surface area contributed by atoms with Crippen LogP contribution in [-0.4, -0.2) is 47.1 Å². The molecule has 36 heavy (non-hydrogen) atoms. The lowest BCUT2D eigenvalue weighted by atomic mass is 9.77. The Morgan fingerprint density at radius 3 is 2.39 bits per heavy atom. The monoisotopic (exact) mass is 510 g/mol. The van der Waals surface area contributed by atoms with Crippen LogP contribution in [0.3, 0.4) is 0 Å². The molecule has 0 radical (unpaired) electrons. The zero-order valence-corrected chi connectivity index (χ0v) is 23.4. The first kappa shape index (κ1) is 26.7. The fourth-order valence-corrected chi connectivity index (χ4v) is 7.01. The summed E-state index contributed by atoms with van der Waals surface area (Å²) >= 11 is 0. The lowest BCUT2D eigenvalue weighted by molar-refractivity contribution is 0.000293. The van der Waals surface area contributed by atoms with Gasteiger partial charge < -0.3 is 14.5 Å². The molecule has 0 spiro atoms. The average Bonchev–Trinajstić information content (AvgIpc) is 3.36. The van der Waals surface area contributed by atoms with Gasteiger partial charge in [-0.05, 0) is 54.0 Å². The van der Waals surface area contributed by atoms with Crippen LogP contribution in [0.2, 0.25) is 0 Å². The number of sulfone groups is 1. The predicted molar refractivity (Wildman–Crippen MR) is 151 cm³/mol. The van der Waals surface area contributed by atoms with Crippen LogP contribution in [0.1, 0.15) is 70.4 Å². The van der Waals surface area contributed by atoms with Crippen LogP contribution >= 0.6 is 0 Å². The van der Waals surface area contributed by atoms with Gasteiger partial charge in [-0.3, -0.25) is 0 Å². The summed E-state index contributed by atoms with van der Waals surface area (Å²) in [6.07, 6.45) is 10.7. The zero-order valence-electron chi connectivity index (χ0n) is 22.6. The van der Waals surface area contributed by atoms with Gasteiger partial charge >= 0.3 is 0 Å². The Bertz CT molecular complexity index is 1190. The van der Waals surface area contributed by atoms with Gasteiger partial charge in [0.25, 0.3) is 0 Å². The van der Waals surface area contributed by atoms with E-state index in [0.29, 0.717) is 11.5 Å². The molecule has 1 atom stereocenters. The number of nitrogens with zero attached hydrogens (tertiary/aromatic N) is 2. The number of rotatable bonds is 11. The van der Waals surface area contributed by atoms with Crippen LogP contribution in [0, 0.1) is 0 Å². The summed E-state index contributed by atoms with van der Waals surface area (Å²) in [4.78, 5) is 4.82. The fourth-order valence-electron chi connectivity index (χ4n) is 5.62. The molecular weight excluding hydrogens is 468 g/mol. The second-order valence-electron chi connectivity index (χ2n) is 10.9. The van der Waals surface area contributed by atoms with Crippen LogP contribution in [0.25, 0.3) is 6.08 Å². The maximum atomic E-state index is 13.2. The maximum absolute atomic E-state index is 13.2. The van der Waals surface area contributed by atoms with Crippen LogP contribution in [0.5, 0.6) is 0 Å². The van der Waals surface area contributed by atoms with Gasteiger partial charge in [-0.25, -0.2) is 8.42 Å². The summed E-state index contributed by atoms with van der Waals surface area (Å²) < 4.78 is 32.8. The quantitative estimate of drug-likeness (QED) is 0.326. The summed E-state index contributed by atoms with van der Waals surface area (Å²) in [6.45, 7) is 7.95. The van der Waals surface area contributed by atoms with E-state index < -0.39 is 21.0 Å². The predicted octanol–water partition coefficient (Wildman–Crippen LogP) is 6.42. The molecule has 1 unspecified atom stereocenters. The topological polar surface area (TPSA) is 49.9 Å². The van der Waals surface area contributed by atoms with Crippen molar-refractivity contribution < 1.29 is 13.2 Å². The Balaban J connectivity index is 1.57. The van der Waals surface area contributed by atoms with E-state index in [2.05, 4.69) is 67.0 Å². The Morgan fingerprint density at radius 2 is 1.69 bits per heavy atom. The van der Waals surface area contributed by atoms with Crippen molar-refractivity contribution in [2.24, 2.45) is 0 Å². The van der Waals surface area contributed by atoms with E-state index in [1.807, 2.05) is 26.2 Å². The third-order valence-electron chi connectivity index (χ3n) is 7.90. The van der Waals surface area contributed by atoms with Crippen LogP contribution in [0.4, 0.5) is 11.4 Å².